The number of hydrogen-bond acceptors (Lipinski definition) is 5. The highest BCUT2D eigenvalue weighted by atomic mass is 16.5. The van der Waals surface area contributed by atoms with E-state index in [9.17, 15) is 4.79 Å². The number of hydrogen-bond donors (Lipinski definition) is 0. The van der Waals surface area contributed by atoms with Crippen molar-refractivity contribution in [3.05, 3.63) is 77.5 Å². The number of nitrogens with zero attached hydrogens (tertiary/aromatic N) is 2. The zero-order chi connectivity index (χ0) is 20.9. The Bertz CT molecular complexity index is 996. The SMILES string of the molecule is COc1ccc(Cc2cnc([C@@H]3CCCN(C(=O)c4ccccc4OC)C3)o2)cc1. The number of methoxy groups -OCH3 is 2. The Labute approximate surface area is 176 Å². The van der Waals surface area contributed by atoms with E-state index >= 15 is 0 Å². The van der Waals surface area contributed by atoms with Crippen molar-refractivity contribution in [3.8, 4) is 11.5 Å². The Morgan fingerprint density at radius 1 is 1.13 bits per heavy atom. The van der Waals surface area contributed by atoms with Crippen LogP contribution in [0.15, 0.2) is 59.1 Å². The highest BCUT2D eigenvalue weighted by Crippen LogP contribution is 2.29. The van der Waals surface area contributed by atoms with Crippen LogP contribution in [0.4, 0.5) is 0 Å². The predicted molar refractivity (Wildman–Crippen MR) is 113 cm³/mol. The van der Waals surface area contributed by atoms with Crippen LogP contribution in [0.5, 0.6) is 11.5 Å². The largest absolute Gasteiger partial charge is 0.497 e. The summed E-state index contributed by atoms with van der Waals surface area (Å²) in [4.78, 5) is 19.4. The maximum Gasteiger partial charge on any atom is 0.257 e. The van der Waals surface area contributed by atoms with Crippen molar-refractivity contribution < 1.29 is 18.7 Å². The Kier molecular flexibility index (Phi) is 6.02. The number of aromatic nitrogens is 1. The number of amides is 1. The Hall–Kier alpha value is -3.28. The monoisotopic (exact) mass is 406 g/mol. The highest BCUT2D eigenvalue weighted by Gasteiger charge is 2.29. The smallest absolute Gasteiger partial charge is 0.257 e. The minimum Gasteiger partial charge on any atom is -0.497 e. The van der Waals surface area contributed by atoms with Crippen LogP contribution < -0.4 is 9.47 Å². The third-order valence-corrected chi connectivity index (χ3v) is 5.50. The molecule has 0 aliphatic carbocycles. The molecule has 3 aromatic rings. The van der Waals surface area contributed by atoms with Crippen molar-refractivity contribution in [2.45, 2.75) is 25.2 Å². The van der Waals surface area contributed by atoms with Crippen LogP contribution >= 0.6 is 0 Å². The number of likely N-dealkylation sites (tertiary alicyclic amines) is 1. The average Bonchev–Trinajstić information content (AvgIpc) is 3.27. The molecule has 30 heavy (non-hydrogen) atoms. The molecule has 156 valence electrons. The van der Waals surface area contributed by atoms with Crippen molar-refractivity contribution in [1.29, 1.82) is 0 Å². The molecule has 0 bridgehead atoms. The van der Waals surface area contributed by atoms with Crippen molar-refractivity contribution >= 4 is 5.91 Å². The summed E-state index contributed by atoms with van der Waals surface area (Å²) in [5.74, 6) is 3.05. The van der Waals surface area contributed by atoms with Crippen LogP contribution in [0.1, 0.15) is 46.3 Å². The molecule has 0 unspecified atom stereocenters. The molecule has 1 aromatic heterocycles. The number of rotatable bonds is 6. The second kappa shape index (κ2) is 9.03. The van der Waals surface area contributed by atoms with Crippen LogP contribution in [0.2, 0.25) is 0 Å². The van der Waals surface area contributed by atoms with Gasteiger partial charge in [-0.15, -0.1) is 0 Å². The average molecular weight is 406 g/mol. The maximum atomic E-state index is 13.0. The summed E-state index contributed by atoms with van der Waals surface area (Å²) in [7, 11) is 3.24. The topological polar surface area (TPSA) is 64.8 Å². The van der Waals surface area contributed by atoms with Gasteiger partial charge in [-0.1, -0.05) is 24.3 Å². The van der Waals surface area contributed by atoms with E-state index in [1.54, 1.807) is 20.4 Å². The lowest BCUT2D eigenvalue weighted by molar-refractivity contribution is 0.0694. The maximum absolute atomic E-state index is 13.0. The fourth-order valence-corrected chi connectivity index (χ4v) is 3.89. The molecule has 6 nitrogen and oxygen atoms in total. The molecule has 0 N–H and O–H groups in total. The van der Waals surface area contributed by atoms with E-state index in [4.69, 9.17) is 13.9 Å². The number of oxazole rings is 1. The van der Waals surface area contributed by atoms with Gasteiger partial charge in [0.2, 0.25) is 0 Å². The molecular formula is C24H26N2O4. The second-order valence-electron chi connectivity index (χ2n) is 7.48. The van der Waals surface area contributed by atoms with Crippen molar-refractivity contribution in [3.63, 3.8) is 0 Å². The highest BCUT2D eigenvalue weighted by molar-refractivity contribution is 5.97. The molecule has 1 aliphatic rings. The van der Waals surface area contributed by atoms with E-state index in [2.05, 4.69) is 4.98 Å². The number of ether oxygens (including phenoxy) is 2. The van der Waals surface area contributed by atoms with Gasteiger partial charge < -0.3 is 18.8 Å². The molecule has 4 rings (SSSR count). The number of carbonyl (C=O) groups is 1. The predicted octanol–water partition coefficient (Wildman–Crippen LogP) is 4.30. The standard InChI is InChI=1S/C24H26N2O4/c1-28-19-11-9-17(10-12-19)14-20-15-25-23(30-20)18-6-5-13-26(16-18)24(27)21-7-3-4-8-22(21)29-2/h3-4,7-12,15,18H,5-6,13-14,16H2,1-2H3/t18-/m1/s1. The van der Waals surface area contributed by atoms with Crippen LogP contribution in [0.3, 0.4) is 0 Å². The molecule has 2 heterocycles. The summed E-state index contributed by atoms with van der Waals surface area (Å²) in [6.45, 7) is 1.33. The van der Waals surface area contributed by atoms with Crippen LogP contribution in [0.25, 0.3) is 0 Å². The molecule has 6 heteroatoms. The van der Waals surface area contributed by atoms with E-state index in [0.29, 0.717) is 30.2 Å². The van der Waals surface area contributed by atoms with Gasteiger partial charge in [-0.05, 0) is 42.7 Å². The molecule has 2 aromatic carbocycles. The van der Waals surface area contributed by atoms with Crippen molar-refractivity contribution in [2.24, 2.45) is 0 Å². The van der Waals surface area contributed by atoms with Crippen LogP contribution in [0, 0.1) is 0 Å². The summed E-state index contributed by atoms with van der Waals surface area (Å²) in [6.07, 6.45) is 4.34. The fraction of sp³-hybridized carbons (Fsp3) is 0.333. The first-order valence-electron chi connectivity index (χ1n) is 10.2. The molecule has 0 saturated carbocycles. The van der Waals surface area contributed by atoms with Gasteiger partial charge in [0.1, 0.15) is 17.3 Å². The number of piperidine rings is 1. The lowest BCUT2D eigenvalue weighted by Gasteiger charge is -2.31. The molecule has 1 fully saturated rings. The molecule has 1 aliphatic heterocycles. The molecule has 0 spiro atoms. The number of benzene rings is 2. The molecular weight excluding hydrogens is 380 g/mol. The summed E-state index contributed by atoms with van der Waals surface area (Å²) in [5, 5.41) is 0. The molecule has 0 radical (unpaired) electrons. The normalized spacial score (nSPS) is 16.3. The van der Waals surface area contributed by atoms with Gasteiger partial charge in [-0.2, -0.15) is 0 Å². The van der Waals surface area contributed by atoms with Crippen molar-refractivity contribution in [1.82, 2.24) is 9.88 Å². The van der Waals surface area contributed by atoms with E-state index in [1.807, 2.05) is 53.4 Å². The van der Waals surface area contributed by atoms with E-state index < -0.39 is 0 Å². The van der Waals surface area contributed by atoms with Gasteiger partial charge in [-0.3, -0.25) is 4.79 Å². The second-order valence-corrected chi connectivity index (χ2v) is 7.48. The summed E-state index contributed by atoms with van der Waals surface area (Å²) in [5.41, 5.74) is 1.73. The zero-order valence-electron chi connectivity index (χ0n) is 17.3. The minimum absolute atomic E-state index is 0.0119. The first-order valence-corrected chi connectivity index (χ1v) is 10.2. The number of carbonyl (C=O) groups excluding carboxylic acids is 1. The zero-order valence-corrected chi connectivity index (χ0v) is 17.3. The van der Waals surface area contributed by atoms with Crippen LogP contribution in [-0.2, 0) is 6.42 Å². The quantitative estimate of drug-likeness (QED) is 0.611. The third-order valence-electron chi connectivity index (χ3n) is 5.50. The Morgan fingerprint density at radius 2 is 1.93 bits per heavy atom. The van der Waals surface area contributed by atoms with Gasteiger partial charge in [0.25, 0.3) is 5.91 Å². The van der Waals surface area contributed by atoms with E-state index in [0.717, 1.165) is 36.5 Å². The molecule has 1 amide bonds. The van der Waals surface area contributed by atoms with E-state index in [1.165, 1.54) is 0 Å². The van der Waals surface area contributed by atoms with E-state index in [-0.39, 0.29) is 11.8 Å². The Balaban J connectivity index is 1.44. The van der Waals surface area contributed by atoms with Gasteiger partial charge in [-0.25, -0.2) is 4.98 Å². The lowest BCUT2D eigenvalue weighted by Crippen LogP contribution is -2.39. The van der Waals surface area contributed by atoms with Gasteiger partial charge >= 0.3 is 0 Å². The van der Waals surface area contributed by atoms with Gasteiger partial charge in [0, 0.05) is 19.5 Å². The fourth-order valence-electron chi connectivity index (χ4n) is 3.89. The number of para-hydroxylation sites is 1. The summed E-state index contributed by atoms with van der Waals surface area (Å²) >= 11 is 0. The van der Waals surface area contributed by atoms with Gasteiger partial charge in [0.05, 0.1) is 31.9 Å². The molecule has 1 atom stereocenters. The minimum atomic E-state index is -0.0119. The van der Waals surface area contributed by atoms with Crippen molar-refractivity contribution in [2.75, 3.05) is 27.3 Å². The third kappa shape index (κ3) is 4.32. The summed E-state index contributed by atoms with van der Waals surface area (Å²) in [6, 6.07) is 15.3. The lowest BCUT2D eigenvalue weighted by atomic mass is 9.97. The van der Waals surface area contributed by atoms with Gasteiger partial charge in [0.15, 0.2) is 5.89 Å². The first kappa shape index (κ1) is 20.0. The van der Waals surface area contributed by atoms with Crippen LogP contribution in [-0.4, -0.2) is 43.1 Å². The Morgan fingerprint density at radius 3 is 2.70 bits per heavy atom. The summed E-state index contributed by atoms with van der Waals surface area (Å²) < 4.78 is 16.6. The molecule has 1 saturated heterocycles. The first-order chi connectivity index (χ1) is 14.7.